The molecule has 10 rings (SSSR count). The van der Waals surface area contributed by atoms with Gasteiger partial charge in [-0.1, -0.05) is 57.2 Å². The van der Waals surface area contributed by atoms with E-state index in [9.17, 15) is 24.6 Å². The normalized spacial score (nSPS) is 26.8. The number of rotatable bonds is 13. The van der Waals surface area contributed by atoms with Crippen molar-refractivity contribution in [3.63, 3.8) is 0 Å². The van der Waals surface area contributed by atoms with Gasteiger partial charge in [0.25, 0.3) is 0 Å². The Morgan fingerprint density at radius 2 is 1.49 bits per heavy atom. The fourth-order valence-electron chi connectivity index (χ4n) is 13.2. The van der Waals surface area contributed by atoms with Gasteiger partial charge in [0, 0.05) is 91.7 Å². The number of phenolic OH excluding ortho intramolecular Hbond substituents is 1. The molecule has 2 bridgehead atoms. The SMILES string of the molecule is Cc1nccn1-c1ccc(CNC(=O)[C@@H]2C[C@@H](O)CN2C(=O)[C@@H](NC(=O)C2CC3(C2)CC(N2CCC(c4ccc(N5C6CCC5CN(C(/C=C(\N)c5ccccc5O)=C(N)N)C6)cc4)CC2)C3)C(C)(C)C)cc1. The number of hydrogen-bond acceptors (Lipinski definition) is 12. The standard InChI is InChI=1S/C57H75N11O5/c1-35-61-21-24-66(35)40-13-9-36(10-14-40)31-62-54(72)49-25-45(69)34-67(49)55(73)51(56(2,3)4)63-53(71)39-27-57(28-39)29-44(30-57)64-22-19-38(20-23-64)37-11-15-41(16-12-37)68-42-17-18-43(68)33-65(32-42)48(52(59)60)26-47(58)46-7-5-6-8-50(46)70/h5-16,21,24,26,38-39,42-45,49,51,69-70H,17-20,22-23,25,27-34,58-60H2,1-4H3,(H,62,72)(H,63,71)/b47-26-/t39?,42?,43?,44?,45-,49+,51-,57?/m1/s1. The van der Waals surface area contributed by atoms with Crippen molar-refractivity contribution in [2.75, 3.05) is 37.6 Å². The molecule has 73 heavy (non-hydrogen) atoms. The average molecular weight is 994 g/mol. The van der Waals surface area contributed by atoms with Crippen LogP contribution in [0.5, 0.6) is 5.75 Å². The molecule has 16 nitrogen and oxygen atoms in total. The van der Waals surface area contributed by atoms with E-state index in [2.05, 4.69) is 54.6 Å². The number of amides is 3. The average Bonchev–Trinajstić information content (AvgIpc) is 4.04. The van der Waals surface area contributed by atoms with Crippen LogP contribution in [0.15, 0.2) is 103 Å². The molecule has 1 aromatic heterocycles. The third-order valence-electron chi connectivity index (χ3n) is 17.2. The summed E-state index contributed by atoms with van der Waals surface area (Å²) >= 11 is 0. The number of carbonyl (C=O) groups excluding carboxylic acids is 3. The summed E-state index contributed by atoms with van der Waals surface area (Å²) in [7, 11) is 0. The zero-order chi connectivity index (χ0) is 51.3. The summed E-state index contributed by atoms with van der Waals surface area (Å²) in [5.74, 6) is 0.848. The molecular formula is C57H75N11O5. The number of fused-ring (bicyclic) bond motifs is 2. The summed E-state index contributed by atoms with van der Waals surface area (Å²) in [6, 6.07) is 23.7. The lowest BCUT2D eigenvalue weighted by Crippen LogP contribution is -2.62. The molecule has 4 aliphatic heterocycles. The molecule has 4 aromatic rings. The van der Waals surface area contributed by atoms with E-state index in [4.69, 9.17) is 17.2 Å². The number of nitrogens with one attached hydrogen (secondary N) is 2. The van der Waals surface area contributed by atoms with E-state index in [0.29, 0.717) is 41.0 Å². The predicted octanol–water partition coefficient (Wildman–Crippen LogP) is 5.17. The molecule has 2 aliphatic carbocycles. The van der Waals surface area contributed by atoms with Crippen molar-refractivity contribution < 1.29 is 24.6 Å². The van der Waals surface area contributed by atoms with Crippen LogP contribution in [0.1, 0.15) is 107 Å². The Morgan fingerprint density at radius 3 is 2.11 bits per heavy atom. The van der Waals surface area contributed by atoms with E-state index in [1.807, 2.05) is 68.8 Å². The maximum absolute atomic E-state index is 14.3. The Morgan fingerprint density at radius 1 is 0.836 bits per heavy atom. The van der Waals surface area contributed by atoms with Crippen LogP contribution in [0.4, 0.5) is 5.69 Å². The van der Waals surface area contributed by atoms with Crippen molar-refractivity contribution in [1.29, 1.82) is 0 Å². The number of hydrogen-bond donors (Lipinski definition) is 7. The zero-order valence-corrected chi connectivity index (χ0v) is 42.9. The number of para-hydroxylation sites is 1. The van der Waals surface area contributed by atoms with Crippen LogP contribution in [0.25, 0.3) is 11.4 Å². The first-order valence-corrected chi connectivity index (χ1v) is 26.5. The fourth-order valence-corrected chi connectivity index (χ4v) is 13.2. The van der Waals surface area contributed by atoms with Crippen molar-refractivity contribution in [1.82, 2.24) is 34.9 Å². The number of anilines is 1. The van der Waals surface area contributed by atoms with Crippen LogP contribution in [-0.2, 0) is 20.9 Å². The number of piperidine rings is 1. The summed E-state index contributed by atoms with van der Waals surface area (Å²) in [5.41, 5.74) is 24.7. The number of aliphatic hydroxyl groups excluding tert-OH is 1. The van der Waals surface area contributed by atoms with Crippen LogP contribution < -0.4 is 32.7 Å². The van der Waals surface area contributed by atoms with Crippen LogP contribution in [0.3, 0.4) is 0 Å². The van der Waals surface area contributed by atoms with Gasteiger partial charge in [-0.3, -0.25) is 14.4 Å². The van der Waals surface area contributed by atoms with Crippen LogP contribution in [-0.4, -0.2) is 121 Å². The molecule has 3 aromatic carbocycles. The highest BCUT2D eigenvalue weighted by atomic mass is 16.3. The first-order valence-electron chi connectivity index (χ1n) is 26.5. The molecule has 4 saturated heterocycles. The van der Waals surface area contributed by atoms with E-state index in [1.54, 1.807) is 30.5 Å². The first-order chi connectivity index (χ1) is 34.9. The number of β-amino-alcohol motifs (C(OH)–C–C–N with tert-alkyl or cyclic N) is 1. The number of carbonyl (C=O) groups is 3. The third kappa shape index (κ3) is 10.2. The van der Waals surface area contributed by atoms with Gasteiger partial charge in [0.2, 0.25) is 17.7 Å². The summed E-state index contributed by atoms with van der Waals surface area (Å²) in [5, 5.41) is 27.2. The van der Waals surface area contributed by atoms with E-state index in [-0.39, 0.29) is 60.1 Å². The van der Waals surface area contributed by atoms with Gasteiger partial charge in [0.1, 0.15) is 29.5 Å². The molecule has 16 heteroatoms. The van der Waals surface area contributed by atoms with Crippen LogP contribution in [0.2, 0.25) is 0 Å². The second-order valence-corrected chi connectivity index (χ2v) is 23.2. The monoisotopic (exact) mass is 994 g/mol. The summed E-state index contributed by atoms with van der Waals surface area (Å²) in [6.07, 6.45) is 13.1. The third-order valence-corrected chi connectivity index (χ3v) is 17.2. The van der Waals surface area contributed by atoms with Crippen molar-refractivity contribution in [3.05, 3.63) is 125 Å². The second kappa shape index (κ2) is 20.1. The van der Waals surface area contributed by atoms with Crippen molar-refractivity contribution in [2.45, 2.75) is 134 Å². The molecule has 6 fully saturated rings. The van der Waals surface area contributed by atoms with Crippen LogP contribution in [0, 0.1) is 23.7 Å². The molecule has 10 N–H and O–H groups in total. The summed E-state index contributed by atoms with van der Waals surface area (Å²) in [6.45, 7) is 11.8. The lowest BCUT2D eigenvalue weighted by molar-refractivity contribution is -0.150. The number of aromatic hydroxyl groups is 1. The van der Waals surface area contributed by atoms with Gasteiger partial charge in [-0.05, 0) is 142 Å². The molecular weight excluding hydrogens is 919 g/mol. The highest BCUT2D eigenvalue weighted by molar-refractivity contribution is 5.93. The molecule has 2 saturated carbocycles. The fraction of sp³-hybridized carbons (Fsp3) is 0.509. The van der Waals surface area contributed by atoms with Gasteiger partial charge in [-0.15, -0.1) is 0 Å². The minimum Gasteiger partial charge on any atom is -0.507 e. The number of piperazine rings is 1. The Hall–Kier alpha value is -6.52. The molecule has 388 valence electrons. The minimum atomic E-state index is -0.839. The highest BCUT2D eigenvalue weighted by Crippen LogP contribution is 2.60. The number of aliphatic hydroxyl groups is 1. The minimum absolute atomic E-state index is 0.0432. The number of likely N-dealkylation sites (tertiary alicyclic amines) is 3. The smallest absolute Gasteiger partial charge is 0.246 e. The Kier molecular flexibility index (Phi) is 13.8. The molecule has 5 atom stereocenters. The topological polar surface area (TPSA) is 225 Å². The number of benzene rings is 3. The molecule has 3 amide bonds. The van der Waals surface area contributed by atoms with E-state index >= 15 is 0 Å². The zero-order valence-electron chi connectivity index (χ0n) is 42.9. The van der Waals surface area contributed by atoms with Crippen molar-refractivity contribution >= 4 is 29.1 Å². The van der Waals surface area contributed by atoms with Crippen molar-refractivity contribution in [3.8, 4) is 11.4 Å². The van der Waals surface area contributed by atoms with Gasteiger partial charge < -0.3 is 62.2 Å². The predicted molar refractivity (Wildman–Crippen MR) is 282 cm³/mol. The highest BCUT2D eigenvalue weighted by Gasteiger charge is 2.57. The number of imidazole rings is 1. The Balaban J connectivity index is 0.671. The maximum atomic E-state index is 14.3. The number of nitrogens with two attached hydrogens (primary N) is 3. The van der Waals surface area contributed by atoms with E-state index < -0.39 is 23.6 Å². The number of aryl methyl sites for hydroxylation is 1. The number of nitrogens with zero attached hydrogens (tertiary/aromatic N) is 6. The van der Waals surface area contributed by atoms with E-state index in [0.717, 1.165) is 94.6 Å². The Labute approximate surface area is 429 Å². The van der Waals surface area contributed by atoms with Gasteiger partial charge in [0.05, 0.1) is 11.8 Å². The number of allylic oxidation sites excluding steroid dienone is 1. The van der Waals surface area contributed by atoms with Gasteiger partial charge in [0.15, 0.2) is 0 Å². The summed E-state index contributed by atoms with van der Waals surface area (Å²) < 4.78 is 1.98. The number of phenols is 1. The maximum Gasteiger partial charge on any atom is 0.246 e. The Bertz CT molecular complexity index is 2710. The molecule has 0 radical (unpaired) electrons. The van der Waals surface area contributed by atoms with Gasteiger partial charge in [-0.2, -0.15) is 0 Å². The largest absolute Gasteiger partial charge is 0.507 e. The van der Waals surface area contributed by atoms with E-state index in [1.165, 1.54) is 16.2 Å². The molecule has 6 aliphatic rings. The number of aromatic nitrogens is 2. The summed E-state index contributed by atoms with van der Waals surface area (Å²) in [4.78, 5) is 55.0. The van der Waals surface area contributed by atoms with Crippen LogP contribution >= 0.6 is 0 Å². The lowest BCUT2D eigenvalue weighted by atomic mass is 9.49. The first kappa shape index (κ1) is 50.0. The van der Waals surface area contributed by atoms with Gasteiger partial charge in [-0.25, -0.2) is 4.98 Å². The quantitative estimate of drug-likeness (QED) is 0.0862. The molecule has 5 heterocycles. The molecule has 2 unspecified atom stereocenters. The van der Waals surface area contributed by atoms with Crippen molar-refractivity contribution in [2.24, 2.45) is 33.9 Å². The second-order valence-electron chi connectivity index (χ2n) is 23.2. The molecule has 1 spiro atoms. The van der Waals surface area contributed by atoms with Gasteiger partial charge >= 0.3 is 0 Å². The lowest BCUT2D eigenvalue weighted by Gasteiger charge is -2.60.